The molecule has 0 aromatic heterocycles. The monoisotopic (exact) mass is 311 g/mol. The van der Waals surface area contributed by atoms with Crippen molar-refractivity contribution in [2.24, 2.45) is 16.6 Å². The lowest BCUT2D eigenvalue weighted by Crippen LogP contribution is -2.34. The van der Waals surface area contributed by atoms with Gasteiger partial charge in [0.2, 0.25) is 0 Å². The molecule has 122 valence electrons. The van der Waals surface area contributed by atoms with Crippen LogP contribution >= 0.6 is 0 Å². The number of rotatable bonds is 7. The third-order valence-corrected chi connectivity index (χ3v) is 3.26. The van der Waals surface area contributed by atoms with Gasteiger partial charge in [-0.25, -0.2) is 4.99 Å². The molecular formula is C19H25N3O. The van der Waals surface area contributed by atoms with Crippen LogP contribution in [0.15, 0.2) is 59.6 Å². The van der Waals surface area contributed by atoms with Crippen molar-refractivity contribution in [2.45, 2.75) is 27.0 Å². The van der Waals surface area contributed by atoms with Crippen LogP contribution in [0.2, 0.25) is 0 Å². The lowest BCUT2D eigenvalue weighted by atomic mass is 10.1. The highest BCUT2D eigenvalue weighted by Gasteiger charge is 1.99. The molecule has 4 heteroatoms. The van der Waals surface area contributed by atoms with Gasteiger partial charge in [-0.1, -0.05) is 56.3 Å². The van der Waals surface area contributed by atoms with E-state index < -0.39 is 0 Å². The Kier molecular flexibility index (Phi) is 6.48. The van der Waals surface area contributed by atoms with Gasteiger partial charge in [0, 0.05) is 6.54 Å². The number of guanidine groups is 1. The first kappa shape index (κ1) is 16.9. The Labute approximate surface area is 138 Å². The summed E-state index contributed by atoms with van der Waals surface area (Å²) in [6, 6.07) is 18.0. The quantitative estimate of drug-likeness (QED) is 0.609. The van der Waals surface area contributed by atoms with Gasteiger partial charge in [0.05, 0.1) is 6.54 Å². The molecule has 0 unspecified atom stereocenters. The first-order chi connectivity index (χ1) is 11.1. The Bertz CT molecular complexity index is 624. The Balaban J connectivity index is 1.88. The van der Waals surface area contributed by atoms with Gasteiger partial charge < -0.3 is 15.8 Å². The van der Waals surface area contributed by atoms with E-state index >= 15 is 0 Å². The normalized spacial score (nSPS) is 11.5. The molecule has 0 aliphatic carbocycles. The smallest absolute Gasteiger partial charge is 0.188 e. The SMILES string of the molecule is CC(C)CNC(N)=NCc1cccc(COc2ccccc2)c1. The van der Waals surface area contributed by atoms with Gasteiger partial charge in [-0.3, -0.25) is 0 Å². The molecule has 0 aliphatic heterocycles. The fraction of sp³-hybridized carbons (Fsp3) is 0.316. The Morgan fingerprint density at radius 1 is 1.09 bits per heavy atom. The summed E-state index contributed by atoms with van der Waals surface area (Å²) in [4.78, 5) is 4.37. The number of hydrogen-bond acceptors (Lipinski definition) is 2. The molecule has 4 nitrogen and oxygen atoms in total. The minimum Gasteiger partial charge on any atom is -0.489 e. The van der Waals surface area contributed by atoms with Crippen molar-refractivity contribution in [1.82, 2.24) is 5.32 Å². The fourth-order valence-corrected chi connectivity index (χ4v) is 2.04. The number of nitrogens with one attached hydrogen (secondary N) is 1. The van der Waals surface area contributed by atoms with Gasteiger partial charge in [-0.15, -0.1) is 0 Å². The van der Waals surface area contributed by atoms with Gasteiger partial charge in [0.1, 0.15) is 12.4 Å². The topological polar surface area (TPSA) is 59.6 Å². The molecule has 0 fully saturated rings. The van der Waals surface area contributed by atoms with Crippen molar-refractivity contribution >= 4 is 5.96 Å². The number of aliphatic imine (C=N–C) groups is 1. The Morgan fingerprint density at radius 2 is 1.83 bits per heavy atom. The van der Waals surface area contributed by atoms with Crippen LogP contribution in [0, 0.1) is 5.92 Å². The third kappa shape index (κ3) is 6.43. The van der Waals surface area contributed by atoms with Gasteiger partial charge in [-0.05, 0) is 29.2 Å². The first-order valence-corrected chi connectivity index (χ1v) is 7.93. The van der Waals surface area contributed by atoms with Crippen molar-refractivity contribution in [3.63, 3.8) is 0 Å². The van der Waals surface area contributed by atoms with Gasteiger partial charge >= 0.3 is 0 Å². The van der Waals surface area contributed by atoms with Crippen molar-refractivity contribution in [1.29, 1.82) is 0 Å². The summed E-state index contributed by atoms with van der Waals surface area (Å²) < 4.78 is 5.76. The molecule has 0 aliphatic rings. The number of nitrogens with zero attached hydrogens (tertiary/aromatic N) is 1. The molecule has 23 heavy (non-hydrogen) atoms. The average Bonchev–Trinajstić information content (AvgIpc) is 2.57. The van der Waals surface area contributed by atoms with Crippen LogP contribution in [0.5, 0.6) is 5.75 Å². The second-order valence-electron chi connectivity index (χ2n) is 5.90. The fourth-order valence-electron chi connectivity index (χ4n) is 2.04. The number of nitrogens with two attached hydrogens (primary N) is 1. The van der Waals surface area contributed by atoms with E-state index in [4.69, 9.17) is 10.5 Å². The molecule has 0 bridgehead atoms. The second kappa shape index (κ2) is 8.83. The van der Waals surface area contributed by atoms with E-state index in [9.17, 15) is 0 Å². The Morgan fingerprint density at radius 3 is 2.57 bits per heavy atom. The largest absolute Gasteiger partial charge is 0.489 e. The maximum Gasteiger partial charge on any atom is 0.188 e. The van der Waals surface area contributed by atoms with Crippen LogP contribution in [0.4, 0.5) is 0 Å². The number of ether oxygens (including phenoxy) is 1. The van der Waals surface area contributed by atoms with Crippen LogP contribution in [0.3, 0.4) is 0 Å². The standard InChI is InChI=1S/C19H25N3O/c1-15(2)12-21-19(20)22-13-16-7-6-8-17(11-16)14-23-18-9-4-3-5-10-18/h3-11,15H,12-14H2,1-2H3,(H3,20,21,22). The zero-order valence-electron chi connectivity index (χ0n) is 13.8. The highest BCUT2D eigenvalue weighted by Crippen LogP contribution is 2.13. The highest BCUT2D eigenvalue weighted by molar-refractivity contribution is 5.77. The van der Waals surface area contributed by atoms with Crippen molar-refractivity contribution in [3.8, 4) is 5.75 Å². The summed E-state index contributed by atoms with van der Waals surface area (Å²) in [5, 5.41) is 3.12. The summed E-state index contributed by atoms with van der Waals surface area (Å²) in [5.74, 6) is 1.91. The minimum atomic E-state index is 0.490. The van der Waals surface area contributed by atoms with E-state index in [0.717, 1.165) is 23.4 Å². The number of benzene rings is 2. The van der Waals surface area contributed by atoms with E-state index in [0.29, 0.717) is 25.0 Å². The molecule has 2 rings (SSSR count). The molecule has 0 amide bonds. The zero-order chi connectivity index (χ0) is 16.5. The predicted octanol–water partition coefficient (Wildman–Crippen LogP) is 3.33. The molecule has 0 heterocycles. The van der Waals surface area contributed by atoms with Gasteiger partial charge in [-0.2, -0.15) is 0 Å². The molecule has 0 atom stereocenters. The van der Waals surface area contributed by atoms with Crippen LogP contribution in [0.1, 0.15) is 25.0 Å². The molecule has 2 aromatic rings. The zero-order valence-corrected chi connectivity index (χ0v) is 13.8. The van der Waals surface area contributed by atoms with Gasteiger partial charge in [0.15, 0.2) is 5.96 Å². The lowest BCUT2D eigenvalue weighted by molar-refractivity contribution is 0.306. The third-order valence-electron chi connectivity index (χ3n) is 3.26. The summed E-state index contributed by atoms with van der Waals surface area (Å²) in [5.41, 5.74) is 8.10. The van der Waals surface area contributed by atoms with Crippen LogP contribution in [0.25, 0.3) is 0 Å². The maximum absolute atomic E-state index is 5.86. The summed E-state index contributed by atoms with van der Waals surface area (Å²) in [6.45, 7) is 6.21. The van der Waals surface area contributed by atoms with Crippen molar-refractivity contribution in [3.05, 3.63) is 65.7 Å². The van der Waals surface area contributed by atoms with Gasteiger partial charge in [0.25, 0.3) is 0 Å². The van der Waals surface area contributed by atoms with Crippen molar-refractivity contribution < 1.29 is 4.74 Å². The minimum absolute atomic E-state index is 0.490. The number of para-hydroxylation sites is 1. The molecule has 0 saturated heterocycles. The van der Waals surface area contributed by atoms with E-state index in [1.54, 1.807) is 0 Å². The second-order valence-corrected chi connectivity index (χ2v) is 5.90. The highest BCUT2D eigenvalue weighted by atomic mass is 16.5. The van der Waals surface area contributed by atoms with Crippen LogP contribution < -0.4 is 15.8 Å². The van der Waals surface area contributed by atoms with E-state index in [-0.39, 0.29) is 0 Å². The maximum atomic E-state index is 5.86. The molecular weight excluding hydrogens is 286 g/mol. The Hall–Kier alpha value is -2.49. The molecule has 0 spiro atoms. The van der Waals surface area contributed by atoms with E-state index in [1.165, 1.54) is 0 Å². The van der Waals surface area contributed by atoms with Crippen LogP contribution in [-0.4, -0.2) is 12.5 Å². The lowest BCUT2D eigenvalue weighted by Gasteiger charge is -2.09. The van der Waals surface area contributed by atoms with E-state index in [1.807, 2.05) is 42.5 Å². The van der Waals surface area contributed by atoms with Crippen molar-refractivity contribution in [2.75, 3.05) is 6.54 Å². The summed E-state index contributed by atoms with van der Waals surface area (Å²) >= 11 is 0. The summed E-state index contributed by atoms with van der Waals surface area (Å²) in [6.07, 6.45) is 0. The average molecular weight is 311 g/mol. The van der Waals surface area contributed by atoms with Crippen LogP contribution in [-0.2, 0) is 13.2 Å². The molecule has 0 radical (unpaired) electrons. The predicted molar refractivity (Wildman–Crippen MR) is 95.4 cm³/mol. The van der Waals surface area contributed by atoms with E-state index in [2.05, 4.69) is 36.3 Å². The molecule has 3 N–H and O–H groups in total. The summed E-state index contributed by atoms with van der Waals surface area (Å²) in [7, 11) is 0. The number of hydrogen-bond donors (Lipinski definition) is 2. The molecule has 0 saturated carbocycles. The first-order valence-electron chi connectivity index (χ1n) is 7.93. The molecule has 2 aromatic carbocycles.